The zero-order valence-corrected chi connectivity index (χ0v) is 18.7. The topological polar surface area (TPSA) is 82.3 Å². The molecule has 7 heteroatoms. The lowest BCUT2D eigenvalue weighted by Crippen LogP contribution is -2.33. The molecule has 164 valence electrons. The molecule has 1 aromatic carbocycles. The maximum absolute atomic E-state index is 13.4. The molecule has 3 aromatic heterocycles. The number of carbonyl (C=O) groups is 1. The summed E-state index contributed by atoms with van der Waals surface area (Å²) in [7, 11) is 0. The molecule has 0 radical (unpaired) electrons. The van der Waals surface area contributed by atoms with Crippen molar-refractivity contribution < 1.29 is 9.53 Å². The van der Waals surface area contributed by atoms with E-state index in [9.17, 15) is 4.79 Å². The van der Waals surface area contributed by atoms with Crippen molar-refractivity contribution in [3.05, 3.63) is 83.1 Å². The van der Waals surface area contributed by atoms with Gasteiger partial charge in [0.15, 0.2) is 17.3 Å². The largest absolute Gasteiger partial charge is 0.442 e. The van der Waals surface area contributed by atoms with Crippen molar-refractivity contribution >= 4 is 11.4 Å². The molecular formula is C26H23N5O2. The first kappa shape index (κ1) is 19.8. The summed E-state index contributed by atoms with van der Waals surface area (Å²) < 4.78 is 7.96. The highest BCUT2D eigenvalue weighted by Crippen LogP contribution is 2.50. The molecule has 1 aliphatic carbocycles. The lowest BCUT2D eigenvalue weighted by atomic mass is 9.70. The number of ether oxygens (including phenoxy) is 1. The van der Waals surface area contributed by atoms with Crippen LogP contribution < -0.4 is 4.74 Å². The first-order valence-electron chi connectivity index (χ1n) is 11.1. The average Bonchev–Trinajstić information content (AvgIpc) is 3.22. The standard InChI is InChI=1S/C26H23N5O2/c1-15-7-4-5-9-17(15)23-29-24-22-20(16-8-6-10-27-13-16)21-18(32)11-26(2,3)12-19(21)33-25(22)28-14-31(24)30-23/h4-10,13-14,20H,11-12H2,1-3H3/t20-/m0/s1. The van der Waals surface area contributed by atoms with Crippen LogP contribution in [0.15, 0.2) is 66.5 Å². The molecular weight excluding hydrogens is 414 g/mol. The number of hydrogen-bond donors (Lipinski definition) is 0. The first-order valence-corrected chi connectivity index (χ1v) is 11.1. The van der Waals surface area contributed by atoms with Gasteiger partial charge in [0.1, 0.15) is 12.1 Å². The lowest BCUT2D eigenvalue weighted by Gasteiger charge is -2.37. The second-order valence-corrected chi connectivity index (χ2v) is 9.58. The van der Waals surface area contributed by atoms with Gasteiger partial charge in [-0.2, -0.15) is 0 Å². The van der Waals surface area contributed by atoms with Crippen LogP contribution in [0, 0.1) is 12.3 Å². The number of pyridine rings is 1. The zero-order chi connectivity index (χ0) is 22.7. The van der Waals surface area contributed by atoms with Crippen LogP contribution in [0.25, 0.3) is 17.0 Å². The Labute approximate surface area is 191 Å². The first-order chi connectivity index (χ1) is 15.9. The number of hydrogen-bond acceptors (Lipinski definition) is 6. The fourth-order valence-electron chi connectivity index (χ4n) is 4.96. The predicted octanol–water partition coefficient (Wildman–Crippen LogP) is 4.66. The highest BCUT2D eigenvalue weighted by molar-refractivity contribution is 6.00. The lowest BCUT2D eigenvalue weighted by molar-refractivity contribution is -0.118. The van der Waals surface area contributed by atoms with Gasteiger partial charge in [0.25, 0.3) is 0 Å². The van der Waals surface area contributed by atoms with Crippen molar-refractivity contribution in [1.82, 2.24) is 24.6 Å². The SMILES string of the molecule is Cc1ccccc1-c1nc2c3c(ncn2n1)OC1=C(C(=O)CC(C)(C)C1)[C@@H]3c1cccnc1. The Kier molecular flexibility index (Phi) is 4.24. The average molecular weight is 438 g/mol. The molecule has 0 fully saturated rings. The van der Waals surface area contributed by atoms with Crippen LogP contribution in [0.5, 0.6) is 5.88 Å². The molecule has 0 N–H and O–H groups in total. The molecule has 4 heterocycles. The summed E-state index contributed by atoms with van der Waals surface area (Å²) in [4.78, 5) is 27.2. The van der Waals surface area contributed by atoms with E-state index >= 15 is 0 Å². The van der Waals surface area contributed by atoms with Crippen LogP contribution in [-0.2, 0) is 4.79 Å². The fraction of sp³-hybridized carbons (Fsp3) is 0.269. The summed E-state index contributed by atoms with van der Waals surface area (Å²) in [5.41, 5.74) is 4.87. The molecule has 0 saturated carbocycles. The second kappa shape index (κ2) is 7.07. The fourth-order valence-corrected chi connectivity index (χ4v) is 4.96. The van der Waals surface area contributed by atoms with Crippen molar-refractivity contribution in [2.24, 2.45) is 5.41 Å². The Bertz CT molecular complexity index is 1450. The highest BCUT2D eigenvalue weighted by atomic mass is 16.5. The maximum atomic E-state index is 13.4. The van der Waals surface area contributed by atoms with Gasteiger partial charge in [-0.15, -0.1) is 5.10 Å². The van der Waals surface area contributed by atoms with E-state index in [4.69, 9.17) is 14.8 Å². The number of ketones is 1. The van der Waals surface area contributed by atoms with Crippen molar-refractivity contribution in [2.45, 2.75) is 39.5 Å². The summed E-state index contributed by atoms with van der Waals surface area (Å²) >= 11 is 0. The molecule has 7 nitrogen and oxygen atoms in total. The zero-order valence-electron chi connectivity index (χ0n) is 18.7. The van der Waals surface area contributed by atoms with E-state index in [-0.39, 0.29) is 17.1 Å². The number of allylic oxidation sites excluding steroid dienone is 2. The van der Waals surface area contributed by atoms with Gasteiger partial charge >= 0.3 is 0 Å². The number of rotatable bonds is 2. The Balaban J connectivity index is 1.61. The van der Waals surface area contributed by atoms with Gasteiger partial charge in [0, 0.05) is 36.4 Å². The molecule has 0 amide bonds. The third kappa shape index (κ3) is 3.15. The summed E-state index contributed by atoms with van der Waals surface area (Å²) in [6, 6.07) is 11.9. The summed E-state index contributed by atoms with van der Waals surface area (Å²) in [6.45, 7) is 6.22. The molecule has 1 aliphatic heterocycles. The van der Waals surface area contributed by atoms with Gasteiger partial charge in [-0.25, -0.2) is 14.5 Å². The van der Waals surface area contributed by atoms with Gasteiger partial charge in [0.2, 0.25) is 5.88 Å². The molecule has 2 aliphatic rings. The van der Waals surface area contributed by atoms with Crippen LogP contribution in [0.4, 0.5) is 0 Å². The Morgan fingerprint density at radius 3 is 2.76 bits per heavy atom. The van der Waals surface area contributed by atoms with Gasteiger partial charge in [-0.1, -0.05) is 44.2 Å². The van der Waals surface area contributed by atoms with Crippen LogP contribution in [0.2, 0.25) is 0 Å². The monoisotopic (exact) mass is 437 g/mol. The Hall–Kier alpha value is -3.87. The smallest absolute Gasteiger partial charge is 0.228 e. The summed E-state index contributed by atoms with van der Waals surface area (Å²) in [6.07, 6.45) is 6.32. The summed E-state index contributed by atoms with van der Waals surface area (Å²) in [5.74, 6) is 1.54. The van der Waals surface area contributed by atoms with Gasteiger partial charge in [-0.3, -0.25) is 9.78 Å². The molecule has 0 unspecified atom stereocenters. The van der Waals surface area contributed by atoms with Crippen LogP contribution >= 0.6 is 0 Å². The molecule has 6 rings (SSSR count). The van der Waals surface area contributed by atoms with E-state index in [1.165, 1.54) is 0 Å². The molecule has 0 saturated heterocycles. The Morgan fingerprint density at radius 1 is 1.12 bits per heavy atom. The maximum Gasteiger partial charge on any atom is 0.228 e. The minimum atomic E-state index is -0.355. The molecule has 4 aromatic rings. The number of benzene rings is 1. The minimum Gasteiger partial charge on any atom is -0.442 e. The minimum absolute atomic E-state index is 0.0985. The highest BCUT2D eigenvalue weighted by Gasteiger charge is 2.44. The van der Waals surface area contributed by atoms with E-state index in [0.29, 0.717) is 41.5 Å². The molecule has 0 spiro atoms. The molecule has 33 heavy (non-hydrogen) atoms. The van der Waals surface area contributed by atoms with Crippen molar-refractivity contribution in [3.8, 4) is 17.3 Å². The van der Waals surface area contributed by atoms with Crippen molar-refractivity contribution in [2.75, 3.05) is 0 Å². The normalized spacial score (nSPS) is 19.2. The number of aryl methyl sites for hydroxylation is 1. The van der Waals surface area contributed by atoms with E-state index in [2.05, 4.69) is 23.8 Å². The van der Waals surface area contributed by atoms with E-state index < -0.39 is 0 Å². The number of carbonyl (C=O) groups excluding carboxylic acids is 1. The third-order valence-electron chi connectivity index (χ3n) is 6.47. The predicted molar refractivity (Wildman–Crippen MR) is 123 cm³/mol. The van der Waals surface area contributed by atoms with Gasteiger partial charge < -0.3 is 4.74 Å². The quantitative estimate of drug-likeness (QED) is 0.454. The van der Waals surface area contributed by atoms with E-state index in [1.807, 2.05) is 43.3 Å². The van der Waals surface area contributed by atoms with Crippen LogP contribution in [0.1, 0.15) is 49.3 Å². The van der Waals surface area contributed by atoms with E-state index in [1.54, 1.807) is 23.2 Å². The van der Waals surface area contributed by atoms with E-state index in [0.717, 1.165) is 22.3 Å². The molecule has 1 atom stereocenters. The van der Waals surface area contributed by atoms with Gasteiger partial charge in [0.05, 0.1) is 11.5 Å². The number of fused-ring (bicyclic) bond motifs is 3. The molecule has 0 bridgehead atoms. The third-order valence-corrected chi connectivity index (χ3v) is 6.47. The van der Waals surface area contributed by atoms with Crippen LogP contribution in [-0.4, -0.2) is 30.3 Å². The number of Topliss-reactive ketones (excluding diaryl/α,β-unsaturated/α-hetero) is 1. The summed E-state index contributed by atoms with van der Waals surface area (Å²) in [5, 5.41) is 4.70. The van der Waals surface area contributed by atoms with Gasteiger partial charge in [-0.05, 0) is 29.5 Å². The van der Waals surface area contributed by atoms with Crippen molar-refractivity contribution in [1.29, 1.82) is 0 Å². The van der Waals surface area contributed by atoms with Crippen LogP contribution in [0.3, 0.4) is 0 Å². The number of aromatic nitrogens is 5. The second-order valence-electron chi connectivity index (χ2n) is 9.58. The van der Waals surface area contributed by atoms with Crippen molar-refractivity contribution in [3.63, 3.8) is 0 Å². The number of nitrogens with zero attached hydrogens (tertiary/aromatic N) is 5. The Morgan fingerprint density at radius 2 is 1.97 bits per heavy atom.